The van der Waals surface area contributed by atoms with Crippen molar-refractivity contribution >= 4 is 11.2 Å². The Bertz CT molecular complexity index is 642. The van der Waals surface area contributed by atoms with E-state index in [0.29, 0.717) is 17.3 Å². The van der Waals surface area contributed by atoms with Crippen molar-refractivity contribution < 1.29 is 4.74 Å². The summed E-state index contributed by atoms with van der Waals surface area (Å²) in [5, 5.41) is 0. The molecule has 0 fully saturated rings. The zero-order valence-corrected chi connectivity index (χ0v) is 8.82. The maximum Gasteiger partial charge on any atom is 0.240 e. The Labute approximate surface area is 97.2 Å². The minimum atomic E-state index is 0.407. The molecule has 3 aromatic rings. The molecule has 0 spiro atoms. The number of aromatic nitrogens is 4. The molecule has 0 saturated heterocycles. The quantitative estimate of drug-likeness (QED) is 0.667. The molecular weight excluding hydrogens is 216 g/mol. The molecule has 0 amide bonds. The minimum absolute atomic E-state index is 0.407. The number of ether oxygens (including phenoxy) is 1. The average Bonchev–Trinajstić information content (AvgIpc) is 2.40. The fraction of sp³-hybridized carbons (Fsp3) is 0. The Morgan fingerprint density at radius 2 is 1.88 bits per heavy atom. The molecule has 3 aromatic heterocycles. The van der Waals surface area contributed by atoms with Gasteiger partial charge in [0.05, 0.1) is 12.4 Å². The number of rotatable bonds is 2. The molecule has 5 heteroatoms. The van der Waals surface area contributed by atoms with Gasteiger partial charge in [0.2, 0.25) is 5.88 Å². The summed E-state index contributed by atoms with van der Waals surface area (Å²) in [5.41, 5.74) is 1.31. The molecule has 0 saturated carbocycles. The first-order chi connectivity index (χ1) is 8.42. The van der Waals surface area contributed by atoms with Gasteiger partial charge < -0.3 is 4.74 Å². The maximum atomic E-state index is 5.51. The van der Waals surface area contributed by atoms with Crippen molar-refractivity contribution in [2.24, 2.45) is 0 Å². The Morgan fingerprint density at radius 3 is 2.76 bits per heavy atom. The van der Waals surface area contributed by atoms with Crippen LogP contribution in [-0.4, -0.2) is 19.9 Å². The van der Waals surface area contributed by atoms with Gasteiger partial charge in [0.15, 0.2) is 5.65 Å². The molecule has 82 valence electrons. The van der Waals surface area contributed by atoms with Crippen LogP contribution in [0.3, 0.4) is 0 Å². The van der Waals surface area contributed by atoms with Crippen molar-refractivity contribution in [1.82, 2.24) is 19.9 Å². The number of hydrogen-bond acceptors (Lipinski definition) is 5. The van der Waals surface area contributed by atoms with E-state index in [1.807, 2.05) is 12.1 Å². The Kier molecular flexibility index (Phi) is 2.34. The van der Waals surface area contributed by atoms with Crippen LogP contribution in [0.4, 0.5) is 0 Å². The SMILES string of the molecule is c1cncc(Oc2cnc3cccnc3n2)c1. The van der Waals surface area contributed by atoms with E-state index < -0.39 is 0 Å². The van der Waals surface area contributed by atoms with Crippen LogP contribution in [-0.2, 0) is 0 Å². The van der Waals surface area contributed by atoms with Crippen LogP contribution in [0.1, 0.15) is 0 Å². The van der Waals surface area contributed by atoms with Crippen molar-refractivity contribution in [3.8, 4) is 11.6 Å². The van der Waals surface area contributed by atoms with Crippen molar-refractivity contribution in [3.63, 3.8) is 0 Å². The third kappa shape index (κ3) is 2.03. The van der Waals surface area contributed by atoms with Gasteiger partial charge in [-0.2, -0.15) is 4.98 Å². The predicted octanol–water partition coefficient (Wildman–Crippen LogP) is 2.21. The lowest BCUT2D eigenvalue weighted by molar-refractivity contribution is 0.460. The van der Waals surface area contributed by atoms with E-state index in [2.05, 4.69) is 19.9 Å². The van der Waals surface area contributed by atoms with Crippen LogP contribution in [0.15, 0.2) is 49.1 Å². The molecule has 3 rings (SSSR count). The second kappa shape index (κ2) is 4.13. The summed E-state index contributed by atoms with van der Waals surface area (Å²) in [7, 11) is 0. The van der Waals surface area contributed by atoms with E-state index in [4.69, 9.17) is 4.74 Å². The molecule has 0 N–H and O–H groups in total. The van der Waals surface area contributed by atoms with Crippen LogP contribution < -0.4 is 4.74 Å². The summed E-state index contributed by atoms with van der Waals surface area (Å²) in [6.07, 6.45) is 6.53. The van der Waals surface area contributed by atoms with Gasteiger partial charge in [-0.25, -0.2) is 9.97 Å². The molecule has 17 heavy (non-hydrogen) atoms. The van der Waals surface area contributed by atoms with Gasteiger partial charge in [-0.05, 0) is 24.3 Å². The Hall–Kier alpha value is -2.56. The van der Waals surface area contributed by atoms with Crippen LogP contribution in [0.5, 0.6) is 11.6 Å². The van der Waals surface area contributed by atoms with Gasteiger partial charge in [0.1, 0.15) is 11.3 Å². The topological polar surface area (TPSA) is 60.8 Å². The standard InChI is InChI=1S/C12H8N4O/c1-3-9(7-13-5-1)17-11-8-15-10-4-2-6-14-12(10)16-11/h1-8H. The molecule has 0 unspecified atom stereocenters. The monoisotopic (exact) mass is 224 g/mol. The molecule has 0 bridgehead atoms. The average molecular weight is 224 g/mol. The Morgan fingerprint density at radius 1 is 0.941 bits per heavy atom. The number of pyridine rings is 2. The summed E-state index contributed by atoms with van der Waals surface area (Å²) >= 11 is 0. The molecule has 0 aliphatic carbocycles. The van der Waals surface area contributed by atoms with Crippen molar-refractivity contribution in [2.45, 2.75) is 0 Å². The first kappa shape index (κ1) is 9.65. The van der Waals surface area contributed by atoms with E-state index in [9.17, 15) is 0 Å². The van der Waals surface area contributed by atoms with Gasteiger partial charge in [0.25, 0.3) is 0 Å². The number of hydrogen-bond donors (Lipinski definition) is 0. The maximum absolute atomic E-state index is 5.51. The van der Waals surface area contributed by atoms with Crippen molar-refractivity contribution in [3.05, 3.63) is 49.1 Å². The largest absolute Gasteiger partial charge is 0.436 e. The lowest BCUT2D eigenvalue weighted by Gasteiger charge is -2.03. The second-order valence-electron chi connectivity index (χ2n) is 3.35. The third-order valence-electron chi connectivity index (χ3n) is 2.15. The second-order valence-corrected chi connectivity index (χ2v) is 3.35. The molecule has 0 aromatic carbocycles. The van der Waals surface area contributed by atoms with Gasteiger partial charge in [-0.1, -0.05) is 0 Å². The molecule has 0 atom stereocenters. The molecule has 0 aliphatic rings. The lowest BCUT2D eigenvalue weighted by Crippen LogP contribution is -1.92. The van der Waals surface area contributed by atoms with Gasteiger partial charge in [-0.3, -0.25) is 4.98 Å². The predicted molar refractivity (Wildman–Crippen MR) is 61.6 cm³/mol. The van der Waals surface area contributed by atoms with Gasteiger partial charge in [0, 0.05) is 12.4 Å². The normalized spacial score (nSPS) is 10.4. The highest BCUT2D eigenvalue weighted by atomic mass is 16.5. The van der Waals surface area contributed by atoms with E-state index in [-0.39, 0.29) is 0 Å². The zero-order chi connectivity index (χ0) is 11.5. The summed E-state index contributed by atoms with van der Waals surface area (Å²) < 4.78 is 5.51. The number of fused-ring (bicyclic) bond motifs is 1. The molecule has 0 aliphatic heterocycles. The fourth-order valence-corrected chi connectivity index (χ4v) is 1.41. The van der Waals surface area contributed by atoms with Crippen molar-refractivity contribution in [1.29, 1.82) is 0 Å². The highest BCUT2D eigenvalue weighted by Crippen LogP contribution is 2.18. The highest BCUT2D eigenvalue weighted by molar-refractivity contribution is 5.69. The van der Waals surface area contributed by atoms with Gasteiger partial charge in [-0.15, -0.1) is 0 Å². The summed E-state index contributed by atoms with van der Waals surface area (Å²) in [5.74, 6) is 1.03. The van der Waals surface area contributed by atoms with Gasteiger partial charge >= 0.3 is 0 Å². The fourth-order valence-electron chi connectivity index (χ4n) is 1.41. The van der Waals surface area contributed by atoms with Crippen LogP contribution in [0, 0.1) is 0 Å². The van der Waals surface area contributed by atoms with E-state index in [0.717, 1.165) is 5.52 Å². The molecular formula is C12H8N4O. The first-order valence-electron chi connectivity index (χ1n) is 5.07. The minimum Gasteiger partial charge on any atom is -0.436 e. The molecule has 5 nitrogen and oxygen atoms in total. The summed E-state index contributed by atoms with van der Waals surface area (Å²) in [6.45, 7) is 0. The first-order valence-corrected chi connectivity index (χ1v) is 5.07. The summed E-state index contributed by atoms with van der Waals surface area (Å²) in [4.78, 5) is 16.5. The van der Waals surface area contributed by atoms with Crippen LogP contribution >= 0.6 is 0 Å². The highest BCUT2D eigenvalue weighted by Gasteiger charge is 2.02. The smallest absolute Gasteiger partial charge is 0.240 e. The molecule has 0 radical (unpaired) electrons. The van der Waals surface area contributed by atoms with Crippen LogP contribution in [0.25, 0.3) is 11.2 Å². The van der Waals surface area contributed by atoms with E-state index in [1.165, 1.54) is 0 Å². The third-order valence-corrected chi connectivity index (χ3v) is 2.15. The van der Waals surface area contributed by atoms with Crippen molar-refractivity contribution in [2.75, 3.05) is 0 Å². The summed E-state index contributed by atoms with van der Waals surface area (Å²) in [6, 6.07) is 7.27. The Balaban J connectivity index is 1.96. The van der Waals surface area contributed by atoms with Crippen LogP contribution in [0.2, 0.25) is 0 Å². The van der Waals surface area contributed by atoms with E-state index in [1.54, 1.807) is 36.9 Å². The zero-order valence-electron chi connectivity index (χ0n) is 8.82. The van der Waals surface area contributed by atoms with E-state index >= 15 is 0 Å². The number of nitrogens with zero attached hydrogens (tertiary/aromatic N) is 4. The lowest BCUT2D eigenvalue weighted by atomic mass is 10.4. The molecule has 3 heterocycles.